The molecule has 0 bridgehead atoms. The smallest absolute Gasteiger partial charge is 0.160 e. The molecule has 7 heteroatoms. The summed E-state index contributed by atoms with van der Waals surface area (Å²) in [6.07, 6.45) is 7.38. The Labute approximate surface area is 134 Å². The van der Waals surface area contributed by atoms with Gasteiger partial charge in [-0.2, -0.15) is 10.2 Å². The zero-order valence-electron chi connectivity index (χ0n) is 11.8. The van der Waals surface area contributed by atoms with Crippen LogP contribution in [-0.2, 0) is 0 Å². The third kappa shape index (κ3) is 1.94. The number of aromatic amines is 2. The molecule has 110 valence electrons. The maximum absolute atomic E-state index is 4.73. The molecule has 4 heterocycles. The SMILES string of the molecule is c1cc(-c2ncc3sc(-c4cn[nH]c4)cc3n2)c2cn[nH]c2c1. The maximum Gasteiger partial charge on any atom is 0.160 e. The number of hydrogen-bond acceptors (Lipinski definition) is 5. The van der Waals surface area contributed by atoms with Gasteiger partial charge in [-0.05, 0) is 12.1 Å². The summed E-state index contributed by atoms with van der Waals surface area (Å²) < 4.78 is 1.06. The standard InChI is InChI=1S/C16H10N6S/c1-2-10(11-7-20-22-12(11)3-1)16-17-8-15-13(21-16)4-14(23-15)9-5-18-19-6-9/h1-8H,(H,18,19)(H,20,22). The fourth-order valence-corrected chi connectivity index (χ4v) is 3.61. The van der Waals surface area contributed by atoms with E-state index in [-0.39, 0.29) is 0 Å². The molecule has 2 N–H and O–H groups in total. The van der Waals surface area contributed by atoms with E-state index in [1.807, 2.05) is 43.0 Å². The number of rotatable bonds is 2. The average Bonchev–Trinajstić information content (AvgIpc) is 3.31. The highest BCUT2D eigenvalue weighted by Crippen LogP contribution is 2.33. The molecule has 1 aromatic carbocycles. The molecular weight excluding hydrogens is 308 g/mol. The second-order valence-electron chi connectivity index (χ2n) is 5.18. The van der Waals surface area contributed by atoms with Gasteiger partial charge in [0, 0.05) is 33.8 Å². The molecule has 0 atom stereocenters. The van der Waals surface area contributed by atoms with E-state index in [0.29, 0.717) is 5.82 Å². The predicted molar refractivity (Wildman–Crippen MR) is 90.1 cm³/mol. The number of thiophene rings is 1. The monoisotopic (exact) mass is 318 g/mol. The predicted octanol–water partition coefficient (Wildman–Crippen LogP) is 3.62. The van der Waals surface area contributed by atoms with Gasteiger partial charge in [-0.15, -0.1) is 11.3 Å². The number of nitrogens with zero attached hydrogens (tertiary/aromatic N) is 4. The average molecular weight is 318 g/mol. The number of H-pyrrole nitrogens is 2. The zero-order valence-corrected chi connectivity index (χ0v) is 12.6. The maximum atomic E-state index is 4.73. The Kier molecular flexibility index (Phi) is 2.56. The highest BCUT2D eigenvalue weighted by molar-refractivity contribution is 7.22. The van der Waals surface area contributed by atoms with Crippen molar-refractivity contribution in [1.29, 1.82) is 0 Å². The van der Waals surface area contributed by atoms with Crippen LogP contribution in [-0.4, -0.2) is 30.4 Å². The molecule has 0 radical (unpaired) electrons. The molecule has 5 aromatic rings. The number of nitrogens with one attached hydrogen (secondary N) is 2. The Bertz CT molecular complexity index is 1120. The molecule has 0 unspecified atom stereocenters. The minimum Gasteiger partial charge on any atom is -0.285 e. The third-order valence-corrected chi connectivity index (χ3v) is 4.89. The molecule has 0 aliphatic heterocycles. The second-order valence-corrected chi connectivity index (χ2v) is 6.26. The highest BCUT2D eigenvalue weighted by Gasteiger charge is 2.11. The van der Waals surface area contributed by atoms with Gasteiger partial charge in [-0.25, -0.2) is 9.97 Å². The Hall–Kier alpha value is -3.06. The van der Waals surface area contributed by atoms with Gasteiger partial charge in [0.25, 0.3) is 0 Å². The van der Waals surface area contributed by atoms with Crippen molar-refractivity contribution in [2.75, 3.05) is 0 Å². The fourth-order valence-electron chi connectivity index (χ4n) is 2.66. The molecule has 0 saturated carbocycles. The zero-order chi connectivity index (χ0) is 15.2. The molecule has 0 amide bonds. The summed E-state index contributed by atoms with van der Waals surface area (Å²) in [5.41, 5.74) is 3.97. The molecule has 0 spiro atoms. The molecule has 0 aliphatic rings. The first-order chi connectivity index (χ1) is 11.4. The number of benzene rings is 1. The van der Waals surface area contributed by atoms with Crippen LogP contribution in [0.25, 0.3) is 42.9 Å². The van der Waals surface area contributed by atoms with Gasteiger partial charge >= 0.3 is 0 Å². The van der Waals surface area contributed by atoms with Crippen LogP contribution < -0.4 is 0 Å². The lowest BCUT2D eigenvalue weighted by Gasteiger charge is -2.01. The van der Waals surface area contributed by atoms with E-state index in [0.717, 1.165) is 37.1 Å². The van der Waals surface area contributed by atoms with Crippen LogP contribution in [0.5, 0.6) is 0 Å². The van der Waals surface area contributed by atoms with Crippen molar-refractivity contribution in [3.63, 3.8) is 0 Å². The first kappa shape index (κ1) is 12.5. The van der Waals surface area contributed by atoms with E-state index in [1.54, 1.807) is 11.3 Å². The summed E-state index contributed by atoms with van der Waals surface area (Å²) in [4.78, 5) is 10.4. The van der Waals surface area contributed by atoms with E-state index >= 15 is 0 Å². The fraction of sp³-hybridized carbons (Fsp3) is 0. The summed E-state index contributed by atoms with van der Waals surface area (Å²) in [7, 11) is 0. The largest absolute Gasteiger partial charge is 0.285 e. The summed E-state index contributed by atoms with van der Waals surface area (Å²) in [5, 5.41) is 14.9. The Morgan fingerprint density at radius 1 is 1.04 bits per heavy atom. The Morgan fingerprint density at radius 2 is 2.04 bits per heavy atom. The summed E-state index contributed by atoms with van der Waals surface area (Å²) >= 11 is 1.66. The van der Waals surface area contributed by atoms with Gasteiger partial charge in [0.15, 0.2) is 5.82 Å². The van der Waals surface area contributed by atoms with Crippen LogP contribution in [0.2, 0.25) is 0 Å². The van der Waals surface area contributed by atoms with Crippen LogP contribution in [0.15, 0.2) is 49.1 Å². The van der Waals surface area contributed by atoms with Gasteiger partial charge in [0.1, 0.15) is 0 Å². The first-order valence-corrected chi connectivity index (χ1v) is 7.88. The number of aromatic nitrogens is 6. The van der Waals surface area contributed by atoms with E-state index in [1.165, 1.54) is 0 Å². The molecule has 6 nitrogen and oxygen atoms in total. The van der Waals surface area contributed by atoms with Crippen molar-refractivity contribution < 1.29 is 0 Å². The lowest BCUT2D eigenvalue weighted by Crippen LogP contribution is -1.88. The van der Waals surface area contributed by atoms with Crippen molar-refractivity contribution in [2.45, 2.75) is 0 Å². The van der Waals surface area contributed by atoms with E-state index in [4.69, 9.17) is 4.98 Å². The van der Waals surface area contributed by atoms with E-state index in [9.17, 15) is 0 Å². The third-order valence-electron chi connectivity index (χ3n) is 3.78. The second kappa shape index (κ2) is 4.72. The minimum atomic E-state index is 0.709. The normalized spacial score (nSPS) is 11.5. The molecule has 4 aromatic heterocycles. The van der Waals surface area contributed by atoms with Crippen molar-refractivity contribution in [3.8, 4) is 21.8 Å². The quantitative estimate of drug-likeness (QED) is 0.520. The number of fused-ring (bicyclic) bond motifs is 2. The van der Waals surface area contributed by atoms with Crippen molar-refractivity contribution in [3.05, 3.63) is 49.1 Å². The summed E-state index contributed by atoms with van der Waals surface area (Å²) in [5.74, 6) is 0.709. The van der Waals surface area contributed by atoms with Gasteiger partial charge in [-0.3, -0.25) is 10.2 Å². The van der Waals surface area contributed by atoms with Gasteiger partial charge in [0.2, 0.25) is 0 Å². The lowest BCUT2D eigenvalue weighted by molar-refractivity contribution is 1.09. The summed E-state index contributed by atoms with van der Waals surface area (Å²) in [6.45, 7) is 0. The summed E-state index contributed by atoms with van der Waals surface area (Å²) in [6, 6.07) is 8.06. The van der Waals surface area contributed by atoms with Crippen molar-refractivity contribution in [2.24, 2.45) is 0 Å². The molecular formula is C16H10N6S. The molecule has 5 rings (SSSR count). The van der Waals surface area contributed by atoms with Crippen LogP contribution in [0.3, 0.4) is 0 Å². The Morgan fingerprint density at radius 3 is 2.96 bits per heavy atom. The van der Waals surface area contributed by atoms with Crippen LogP contribution in [0.1, 0.15) is 0 Å². The van der Waals surface area contributed by atoms with E-state index < -0.39 is 0 Å². The van der Waals surface area contributed by atoms with Crippen LogP contribution in [0, 0.1) is 0 Å². The van der Waals surface area contributed by atoms with E-state index in [2.05, 4.69) is 31.4 Å². The van der Waals surface area contributed by atoms with Gasteiger partial charge in [0.05, 0.1) is 28.1 Å². The molecule has 0 saturated heterocycles. The Balaban J connectivity index is 1.69. The highest BCUT2D eigenvalue weighted by atomic mass is 32.1. The van der Waals surface area contributed by atoms with Gasteiger partial charge < -0.3 is 0 Å². The topological polar surface area (TPSA) is 83.1 Å². The molecule has 0 aliphatic carbocycles. The van der Waals surface area contributed by atoms with Crippen LogP contribution >= 0.6 is 11.3 Å². The van der Waals surface area contributed by atoms with Crippen LogP contribution in [0.4, 0.5) is 0 Å². The van der Waals surface area contributed by atoms with Crippen molar-refractivity contribution in [1.82, 2.24) is 30.4 Å². The molecule has 0 fully saturated rings. The number of hydrogen-bond donors (Lipinski definition) is 2. The lowest BCUT2D eigenvalue weighted by atomic mass is 10.1. The molecule has 23 heavy (non-hydrogen) atoms. The van der Waals surface area contributed by atoms with Gasteiger partial charge in [-0.1, -0.05) is 12.1 Å². The minimum absolute atomic E-state index is 0.709. The first-order valence-electron chi connectivity index (χ1n) is 7.07. The van der Waals surface area contributed by atoms with Crippen molar-refractivity contribution >= 4 is 32.5 Å².